The summed E-state index contributed by atoms with van der Waals surface area (Å²) in [7, 11) is 0. The van der Waals surface area contributed by atoms with Crippen molar-refractivity contribution < 1.29 is 9.53 Å². The molecule has 1 unspecified atom stereocenters. The van der Waals surface area contributed by atoms with Gasteiger partial charge in [-0.3, -0.25) is 4.79 Å². The number of nitrogens with one attached hydrogen (secondary N) is 2. The standard InChI is InChI=1S/C12H22N2O2/c1-3-16-10-7-9(8-10)14-11(15)12(2)5-4-6-13-12/h9-10,13H,3-8H2,1-2H3,(H,14,15). The summed E-state index contributed by atoms with van der Waals surface area (Å²) in [6.07, 6.45) is 4.33. The molecule has 1 amide bonds. The molecule has 2 N–H and O–H groups in total. The van der Waals surface area contributed by atoms with Crippen molar-refractivity contribution in [3.05, 3.63) is 0 Å². The van der Waals surface area contributed by atoms with Crippen LogP contribution in [0, 0.1) is 0 Å². The number of hydrogen-bond donors (Lipinski definition) is 2. The van der Waals surface area contributed by atoms with Gasteiger partial charge in [-0.15, -0.1) is 0 Å². The van der Waals surface area contributed by atoms with Crippen LogP contribution in [0.5, 0.6) is 0 Å². The predicted octanol–water partition coefficient (Wildman–Crippen LogP) is 0.812. The number of carbonyl (C=O) groups is 1. The molecule has 4 nitrogen and oxygen atoms in total. The lowest BCUT2D eigenvalue weighted by Crippen LogP contribution is -2.57. The van der Waals surface area contributed by atoms with Crippen LogP contribution in [0.1, 0.15) is 39.5 Å². The Balaban J connectivity index is 1.73. The smallest absolute Gasteiger partial charge is 0.240 e. The number of carbonyl (C=O) groups excluding carboxylic acids is 1. The maximum Gasteiger partial charge on any atom is 0.240 e. The van der Waals surface area contributed by atoms with Crippen LogP contribution in [0.3, 0.4) is 0 Å². The van der Waals surface area contributed by atoms with E-state index >= 15 is 0 Å². The highest BCUT2D eigenvalue weighted by molar-refractivity contribution is 5.86. The van der Waals surface area contributed by atoms with E-state index < -0.39 is 0 Å². The van der Waals surface area contributed by atoms with Crippen LogP contribution >= 0.6 is 0 Å². The molecular formula is C12H22N2O2. The van der Waals surface area contributed by atoms with Crippen LogP contribution < -0.4 is 10.6 Å². The van der Waals surface area contributed by atoms with E-state index in [2.05, 4.69) is 10.6 Å². The van der Waals surface area contributed by atoms with Gasteiger partial charge in [0.25, 0.3) is 0 Å². The van der Waals surface area contributed by atoms with Gasteiger partial charge in [-0.05, 0) is 46.1 Å². The van der Waals surface area contributed by atoms with E-state index in [1.54, 1.807) is 0 Å². The first-order valence-corrected chi connectivity index (χ1v) is 6.31. The lowest BCUT2D eigenvalue weighted by molar-refractivity contribution is -0.129. The van der Waals surface area contributed by atoms with Crippen molar-refractivity contribution in [2.24, 2.45) is 0 Å². The SMILES string of the molecule is CCOC1CC(NC(=O)C2(C)CCCN2)C1. The fourth-order valence-corrected chi connectivity index (χ4v) is 2.49. The summed E-state index contributed by atoms with van der Waals surface area (Å²) in [5.74, 6) is 0.157. The molecule has 0 bridgehead atoms. The minimum absolute atomic E-state index is 0.157. The fraction of sp³-hybridized carbons (Fsp3) is 0.917. The van der Waals surface area contributed by atoms with Gasteiger partial charge in [0.05, 0.1) is 11.6 Å². The molecule has 0 spiro atoms. The Morgan fingerprint density at radius 2 is 2.31 bits per heavy atom. The predicted molar refractivity (Wildman–Crippen MR) is 62.2 cm³/mol. The monoisotopic (exact) mass is 226 g/mol. The molecule has 1 atom stereocenters. The largest absolute Gasteiger partial charge is 0.378 e. The van der Waals surface area contributed by atoms with Gasteiger partial charge in [-0.1, -0.05) is 0 Å². The van der Waals surface area contributed by atoms with Crippen molar-refractivity contribution in [3.8, 4) is 0 Å². The molecule has 4 heteroatoms. The lowest BCUT2D eigenvalue weighted by Gasteiger charge is -2.37. The summed E-state index contributed by atoms with van der Waals surface area (Å²) >= 11 is 0. The van der Waals surface area contributed by atoms with E-state index in [9.17, 15) is 4.79 Å². The molecule has 0 aromatic rings. The molecule has 1 heterocycles. The number of rotatable bonds is 4. The Labute approximate surface area is 97.1 Å². The van der Waals surface area contributed by atoms with Crippen LogP contribution in [0.15, 0.2) is 0 Å². The van der Waals surface area contributed by atoms with Crippen molar-refractivity contribution >= 4 is 5.91 Å². The zero-order chi connectivity index (χ0) is 11.6. The molecule has 0 aromatic carbocycles. The Bertz CT molecular complexity index is 256. The summed E-state index contributed by atoms with van der Waals surface area (Å²) in [4.78, 5) is 12.0. The van der Waals surface area contributed by atoms with Crippen molar-refractivity contribution in [2.75, 3.05) is 13.2 Å². The Morgan fingerprint density at radius 1 is 1.56 bits per heavy atom. The summed E-state index contributed by atoms with van der Waals surface area (Å²) in [6.45, 7) is 5.73. The minimum atomic E-state index is -0.337. The second kappa shape index (κ2) is 4.72. The molecule has 2 rings (SSSR count). The molecule has 2 fully saturated rings. The van der Waals surface area contributed by atoms with Gasteiger partial charge < -0.3 is 15.4 Å². The highest BCUT2D eigenvalue weighted by Gasteiger charge is 2.39. The number of ether oxygens (including phenoxy) is 1. The van der Waals surface area contributed by atoms with Crippen molar-refractivity contribution in [2.45, 2.75) is 57.2 Å². The van der Waals surface area contributed by atoms with Crippen molar-refractivity contribution in [3.63, 3.8) is 0 Å². The molecule has 2 aliphatic rings. The molecule has 1 aliphatic heterocycles. The van der Waals surface area contributed by atoms with E-state index in [4.69, 9.17) is 4.74 Å². The van der Waals surface area contributed by atoms with E-state index in [0.29, 0.717) is 12.1 Å². The van der Waals surface area contributed by atoms with Crippen molar-refractivity contribution in [1.29, 1.82) is 0 Å². The van der Waals surface area contributed by atoms with Crippen LogP contribution in [0.2, 0.25) is 0 Å². The highest BCUT2D eigenvalue weighted by atomic mass is 16.5. The topological polar surface area (TPSA) is 50.4 Å². The molecular weight excluding hydrogens is 204 g/mol. The third-order valence-corrected chi connectivity index (χ3v) is 3.70. The fourth-order valence-electron chi connectivity index (χ4n) is 2.49. The van der Waals surface area contributed by atoms with Gasteiger partial charge in [0, 0.05) is 12.6 Å². The second-order valence-electron chi connectivity index (χ2n) is 5.08. The Morgan fingerprint density at radius 3 is 2.88 bits per heavy atom. The average Bonchev–Trinajstić information content (AvgIpc) is 2.63. The Hall–Kier alpha value is -0.610. The van der Waals surface area contributed by atoms with Gasteiger partial charge in [0.2, 0.25) is 5.91 Å². The molecule has 1 saturated carbocycles. The van der Waals surface area contributed by atoms with E-state index in [0.717, 1.165) is 38.8 Å². The first-order valence-electron chi connectivity index (χ1n) is 6.31. The summed E-state index contributed by atoms with van der Waals surface area (Å²) in [5.41, 5.74) is -0.337. The van der Waals surface area contributed by atoms with E-state index in [1.165, 1.54) is 0 Å². The van der Waals surface area contributed by atoms with E-state index in [-0.39, 0.29) is 11.4 Å². The average molecular weight is 226 g/mol. The van der Waals surface area contributed by atoms with Crippen LogP contribution in [0.4, 0.5) is 0 Å². The van der Waals surface area contributed by atoms with Gasteiger partial charge in [-0.2, -0.15) is 0 Å². The molecule has 1 aliphatic carbocycles. The summed E-state index contributed by atoms with van der Waals surface area (Å²) in [5, 5.41) is 6.39. The highest BCUT2D eigenvalue weighted by Crippen LogP contribution is 2.25. The maximum atomic E-state index is 12.0. The zero-order valence-electron chi connectivity index (χ0n) is 10.2. The second-order valence-corrected chi connectivity index (χ2v) is 5.08. The summed E-state index contributed by atoms with van der Waals surface area (Å²) < 4.78 is 5.47. The van der Waals surface area contributed by atoms with Crippen molar-refractivity contribution in [1.82, 2.24) is 10.6 Å². The minimum Gasteiger partial charge on any atom is -0.378 e. The molecule has 16 heavy (non-hydrogen) atoms. The molecule has 0 radical (unpaired) electrons. The van der Waals surface area contributed by atoms with Gasteiger partial charge in [0.15, 0.2) is 0 Å². The van der Waals surface area contributed by atoms with Crippen LogP contribution in [0.25, 0.3) is 0 Å². The molecule has 0 aromatic heterocycles. The van der Waals surface area contributed by atoms with Gasteiger partial charge in [-0.25, -0.2) is 0 Å². The lowest BCUT2D eigenvalue weighted by atomic mass is 9.88. The van der Waals surface area contributed by atoms with Gasteiger partial charge in [0.1, 0.15) is 0 Å². The summed E-state index contributed by atoms with van der Waals surface area (Å²) in [6, 6.07) is 0.322. The van der Waals surface area contributed by atoms with Crippen LogP contribution in [-0.4, -0.2) is 36.7 Å². The maximum absolute atomic E-state index is 12.0. The first kappa shape index (κ1) is 11.9. The number of hydrogen-bond acceptors (Lipinski definition) is 3. The third-order valence-electron chi connectivity index (χ3n) is 3.70. The van der Waals surface area contributed by atoms with E-state index in [1.807, 2.05) is 13.8 Å². The third kappa shape index (κ3) is 2.38. The molecule has 1 saturated heterocycles. The normalized spacial score (nSPS) is 38.1. The molecule has 92 valence electrons. The number of amides is 1. The van der Waals surface area contributed by atoms with Gasteiger partial charge >= 0.3 is 0 Å². The van der Waals surface area contributed by atoms with Crippen LogP contribution in [-0.2, 0) is 9.53 Å². The zero-order valence-corrected chi connectivity index (χ0v) is 10.2. The first-order chi connectivity index (χ1) is 7.64. The Kier molecular flexibility index (Phi) is 3.50. The quantitative estimate of drug-likeness (QED) is 0.746.